The highest BCUT2D eigenvalue weighted by molar-refractivity contribution is 6.40. The van der Waals surface area contributed by atoms with E-state index in [-0.39, 0.29) is 10.2 Å². The van der Waals surface area contributed by atoms with Crippen LogP contribution in [0, 0.1) is 0 Å². The van der Waals surface area contributed by atoms with Gasteiger partial charge >= 0.3 is 5.69 Å². The Hall–Kier alpha value is -0.740. The normalized spacial score (nSPS) is 10.1. The smallest absolute Gasteiger partial charge is 0.296 e. The summed E-state index contributed by atoms with van der Waals surface area (Å²) in [5.74, 6) is 0. The van der Waals surface area contributed by atoms with Crippen molar-refractivity contribution in [3.63, 3.8) is 0 Å². The van der Waals surface area contributed by atoms with Crippen molar-refractivity contribution in [3.05, 3.63) is 31.0 Å². The predicted octanol–water partition coefficient (Wildman–Crippen LogP) is 0.380. The van der Waals surface area contributed by atoms with Gasteiger partial charge in [0.2, 0.25) is 0 Å². The second-order valence-electron chi connectivity index (χ2n) is 1.92. The first-order chi connectivity index (χ1) is 5.04. The van der Waals surface area contributed by atoms with E-state index < -0.39 is 11.2 Å². The third-order valence-corrected chi connectivity index (χ3v) is 1.94. The Kier molecular flexibility index (Phi) is 2.06. The maximum Gasteiger partial charge on any atom is 0.329 e. The summed E-state index contributed by atoms with van der Waals surface area (Å²) in [6.07, 6.45) is 0. The molecule has 1 rings (SSSR count). The zero-order valence-corrected chi connectivity index (χ0v) is 7.03. The summed E-state index contributed by atoms with van der Waals surface area (Å²) in [6.45, 7) is 0. The topological polar surface area (TPSA) is 54.9 Å². The lowest BCUT2D eigenvalue weighted by molar-refractivity contribution is 0.776. The molecule has 0 radical (unpaired) electrons. The minimum absolute atomic E-state index is 0.125. The van der Waals surface area contributed by atoms with Crippen molar-refractivity contribution in [1.82, 2.24) is 9.55 Å². The van der Waals surface area contributed by atoms with E-state index in [0.29, 0.717) is 0 Å². The molecule has 60 valence electrons. The number of hydrogen-bond donors (Lipinski definition) is 1. The van der Waals surface area contributed by atoms with Gasteiger partial charge in [-0.3, -0.25) is 14.3 Å². The number of rotatable bonds is 0. The molecule has 0 bridgehead atoms. The number of H-pyrrole nitrogens is 1. The van der Waals surface area contributed by atoms with Gasteiger partial charge in [0.1, 0.15) is 10.2 Å². The average molecular weight is 195 g/mol. The molecule has 0 aliphatic rings. The Labute approximate surface area is 71.4 Å². The molecule has 0 unspecified atom stereocenters. The third-order valence-electron chi connectivity index (χ3n) is 1.21. The van der Waals surface area contributed by atoms with Crippen LogP contribution in [0.5, 0.6) is 0 Å². The van der Waals surface area contributed by atoms with Gasteiger partial charge in [0.05, 0.1) is 0 Å². The molecule has 6 heteroatoms. The molecule has 0 aromatic carbocycles. The van der Waals surface area contributed by atoms with E-state index in [1.807, 2.05) is 0 Å². The van der Waals surface area contributed by atoms with Crippen molar-refractivity contribution in [2.75, 3.05) is 0 Å². The molecule has 0 aliphatic heterocycles. The van der Waals surface area contributed by atoms with E-state index >= 15 is 0 Å². The van der Waals surface area contributed by atoms with Gasteiger partial charge < -0.3 is 0 Å². The van der Waals surface area contributed by atoms with E-state index in [9.17, 15) is 9.59 Å². The summed E-state index contributed by atoms with van der Waals surface area (Å²) in [7, 11) is 1.31. The number of nitrogens with one attached hydrogen (secondary N) is 1. The molecule has 1 N–H and O–H groups in total. The Balaban J connectivity index is 3.74. The monoisotopic (exact) mass is 194 g/mol. The van der Waals surface area contributed by atoms with Gasteiger partial charge in [0.15, 0.2) is 0 Å². The van der Waals surface area contributed by atoms with Gasteiger partial charge in [-0.05, 0) is 0 Å². The summed E-state index contributed by atoms with van der Waals surface area (Å²) in [5, 5.41) is -0.298. The van der Waals surface area contributed by atoms with Crippen LogP contribution in [0.1, 0.15) is 0 Å². The molecule has 0 aliphatic carbocycles. The van der Waals surface area contributed by atoms with Crippen molar-refractivity contribution >= 4 is 23.2 Å². The number of halogens is 2. The molecule has 1 aromatic heterocycles. The SMILES string of the molecule is Cn1c(=O)[nH]c(Cl)c(Cl)c1=O. The Bertz CT molecular complexity index is 392. The van der Waals surface area contributed by atoms with Crippen LogP contribution < -0.4 is 11.2 Å². The fraction of sp³-hybridized carbons (Fsp3) is 0.200. The Morgan fingerprint density at radius 2 is 1.91 bits per heavy atom. The fourth-order valence-corrected chi connectivity index (χ4v) is 0.902. The average Bonchev–Trinajstić information content (AvgIpc) is 1.97. The van der Waals surface area contributed by atoms with Gasteiger partial charge in [-0.1, -0.05) is 23.2 Å². The lowest BCUT2D eigenvalue weighted by atomic mass is 10.6. The van der Waals surface area contributed by atoms with Crippen molar-refractivity contribution in [2.24, 2.45) is 7.05 Å². The van der Waals surface area contributed by atoms with E-state index in [1.54, 1.807) is 0 Å². The molecule has 4 nitrogen and oxygen atoms in total. The van der Waals surface area contributed by atoms with Crippen molar-refractivity contribution in [3.8, 4) is 0 Å². The standard InChI is InChI=1S/C5H4Cl2N2O2/c1-9-4(10)2(6)3(7)8-5(9)11/h1H3,(H,8,11). The first-order valence-electron chi connectivity index (χ1n) is 2.68. The Morgan fingerprint density at radius 3 is 2.45 bits per heavy atom. The van der Waals surface area contributed by atoms with E-state index in [4.69, 9.17) is 23.2 Å². The lowest BCUT2D eigenvalue weighted by Crippen LogP contribution is -2.32. The third kappa shape index (κ3) is 1.32. The van der Waals surface area contributed by atoms with Crippen LogP contribution in [-0.2, 0) is 7.05 Å². The van der Waals surface area contributed by atoms with Crippen LogP contribution >= 0.6 is 23.2 Å². The van der Waals surface area contributed by atoms with E-state index in [2.05, 4.69) is 4.98 Å². The largest absolute Gasteiger partial charge is 0.329 e. The first kappa shape index (κ1) is 8.36. The summed E-state index contributed by atoms with van der Waals surface area (Å²) >= 11 is 10.8. The zero-order chi connectivity index (χ0) is 8.59. The summed E-state index contributed by atoms with van der Waals surface area (Å²) in [5.41, 5.74) is -1.18. The van der Waals surface area contributed by atoms with Crippen LogP contribution in [-0.4, -0.2) is 9.55 Å². The minimum atomic E-state index is -0.597. The fourth-order valence-electron chi connectivity index (χ4n) is 0.566. The molecule has 0 spiro atoms. The second kappa shape index (κ2) is 2.71. The van der Waals surface area contributed by atoms with Gasteiger partial charge in [-0.2, -0.15) is 0 Å². The second-order valence-corrected chi connectivity index (χ2v) is 2.68. The van der Waals surface area contributed by atoms with Crippen LogP contribution in [0.2, 0.25) is 10.2 Å². The lowest BCUT2D eigenvalue weighted by Gasteiger charge is -1.96. The highest BCUT2D eigenvalue weighted by atomic mass is 35.5. The van der Waals surface area contributed by atoms with Crippen molar-refractivity contribution in [2.45, 2.75) is 0 Å². The Morgan fingerprint density at radius 1 is 1.36 bits per heavy atom. The maximum absolute atomic E-state index is 10.9. The molecule has 0 fully saturated rings. The summed E-state index contributed by atoms with van der Waals surface area (Å²) < 4.78 is 0.841. The molecule has 0 saturated heterocycles. The van der Waals surface area contributed by atoms with Gasteiger partial charge in [-0.25, -0.2) is 4.79 Å². The molecule has 0 amide bonds. The number of hydrogen-bond acceptors (Lipinski definition) is 2. The summed E-state index contributed by atoms with van der Waals surface area (Å²) in [4.78, 5) is 23.9. The molecule has 11 heavy (non-hydrogen) atoms. The van der Waals surface area contributed by atoms with Crippen LogP contribution in [0.3, 0.4) is 0 Å². The zero-order valence-electron chi connectivity index (χ0n) is 5.52. The first-order valence-corrected chi connectivity index (χ1v) is 3.44. The predicted molar refractivity (Wildman–Crippen MR) is 42.3 cm³/mol. The highest BCUT2D eigenvalue weighted by Crippen LogP contribution is 2.10. The number of nitrogens with zero attached hydrogens (tertiary/aromatic N) is 1. The molecular weight excluding hydrogens is 191 g/mol. The van der Waals surface area contributed by atoms with Crippen LogP contribution in [0.25, 0.3) is 0 Å². The van der Waals surface area contributed by atoms with Crippen LogP contribution in [0.4, 0.5) is 0 Å². The minimum Gasteiger partial charge on any atom is -0.296 e. The molecule has 0 saturated carbocycles. The van der Waals surface area contributed by atoms with E-state index in [1.165, 1.54) is 7.05 Å². The quantitative estimate of drug-likeness (QED) is 0.608. The molecule has 1 heterocycles. The highest BCUT2D eigenvalue weighted by Gasteiger charge is 2.06. The molecule has 0 atom stereocenters. The van der Waals surface area contributed by atoms with Gasteiger partial charge in [-0.15, -0.1) is 0 Å². The maximum atomic E-state index is 10.9. The van der Waals surface area contributed by atoms with Crippen molar-refractivity contribution < 1.29 is 0 Å². The molecule has 1 aromatic rings. The molecular formula is C5H4Cl2N2O2. The summed E-state index contributed by atoms with van der Waals surface area (Å²) in [6, 6.07) is 0. The van der Waals surface area contributed by atoms with Gasteiger partial charge in [0.25, 0.3) is 5.56 Å². The number of aromatic nitrogens is 2. The van der Waals surface area contributed by atoms with Crippen LogP contribution in [0.15, 0.2) is 9.59 Å². The number of aromatic amines is 1. The van der Waals surface area contributed by atoms with Crippen molar-refractivity contribution in [1.29, 1.82) is 0 Å². The van der Waals surface area contributed by atoms with Gasteiger partial charge in [0, 0.05) is 7.05 Å². The van der Waals surface area contributed by atoms with E-state index in [0.717, 1.165) is 4.57 Å².